The molecule has 1 fully saturated rings. The standard InChI is InChI=1S/C12H20N2O4S/c1-8-12(9(2)18-13-8)19(16,17)14(3)10-6-4-5-7-11(10)15/h10-11,15H,4-7H2,1-3H3. The Morgan fingerprint density at radius 3 is 2.47 bits per heavy atom. The molecule has 1 aliphatic carbocycles. The van der Waals surface area contributed by atoms with Crippen molar-refractivity contribution >= 4 is 10.0 Å². The van der Waals surface area contributed by atoms with Crippen LogP contribution in [0.25, 0.3) is 0 Å². The first kappa shape index (κ1) is 14.5. The van der Waals surface area contributed by atoms with Gasteiger partial charge in [-0.3, -0.25) is 0 Å². The van der Waals surface area contributed by atoms with Gasteiger partial charge in [0.05, 0.1) is 12.1 Å². The van der Waals surface area contributed by atoms with E-state index in [0.29, 0.717) is 18.5 Å². The first-order chi connectivity index (χ1) is 8.85. The van der Waals surface area contributed by atoms with Crippen LogP contribution >= 0.6 is 0 Å². The van der Waals surface area contributed by atoms with Gasteiger partial charge in [0.1, 0.15) is 10.6 Å². The normalized spacial score (nSPS) is 24.9. The van der Waals surface area contributed by atoms with Crippen molar-refractivity contribution in [2.75, 3.05) is 7.05 Å². The fraction of sp³-hybridized carbons (Fsp3) is 0.750. The number of hydrogen-bond acceptors (Lipinski definition) is 5. The maximum absolute atomic E-state index is 12.6. The third-order valence-electron chi connectivity index (χ3n) is 3.77. The molecule has 19 heavy (non-hydrogen) atoms. The van der Waals surface area contributed by atoms with Crippen LogP contribution in [0.3, 0.4) is 0 Å². The van der Waals surface area contributed by atoms with Gasteiger partial charge in [-0.05, 0) is 26.7 Å². The smallest absolute Gasteiger partial charge is 0.248 e. The Morgan fingerprint density at radius 2 is 1.95 bits per heavy atom. The molecule has 0 amide bonds. The summed E-state index contributed by atoms with van der Waals surface area (Å²) in [5.41, 5.74) is 0.356. The van der Waals surface area contributed by atoms with Crippen LogP contribution in [-0.4, -0.2) is 42.2 Å². The highest BCUT2D eigenvalue weighted by molar-refractivity contribution is 7.89. The summed E-state index contributed by atoms with van der Waals surface area (Å²) in [5.74, 6) is 0.287. The second-order valence-electron chi connectivity index (χ2n) is 5.09. The summed E-state index contributed by atoms with van der Waals surface area (Å²) in [5, 5.41) is 13.7. The van der Waals surface area contributed by atoms with E-state index in [2.05, 4.69) is 5.16 Å². The van der Waals surface area contributed by atoms with Crippen LogP contribution in [0.2, 0.25) is 0 Å². The molecule has 2 unspecified atom stereocenters. The maximum atomic E-state index is 12.6. The van der Waals surface area contributed by atoms with Crippen LogP contribution in [0.15, 0.2) is 9.42 Å². The Kier molecular flexibility index (Phi) is 3.98. The van der Waals surface area contributed by atoms with Gasteiger partial charge in [-0.1, -0.05) is 18.0 Å². The lowest BCUT2D eigenvalue weighted by molar-refractivity contribution is 0.0637. The number of nitrogens with zero attached hydrogens (tertiary/aromatic N) is 2. The molecule has 1 aromatic rings. The molecule has 6 nitrogen and oxygen atoms in total. The molecular formula is C12H20N2O4S. The van der Waals surface area contributed by atoms with Crippen LogP contribution in [0.4, 0.5) is 0 Å². The lowest BCUT2D eigenvalue weighted by atomic mass is 9.93. The predicted octanol–water partition coefficient (Wildman–Crippen LogP) is 1.22. The largest absolute Gasteiger partial charge is 0.391 e. The fourth-order valence-electron chi connectivity index (χ4n) is 2.68. The zero-order chi connectivity index (χ0) is 14.2. The van der Waals surface area contributed by atoms with Crippen molar-refractivity contribution in [1.29, 1.82) is 0 Å². The summed E-state index contributed by atoms with van der Waals surface area (Å²) in [6, 6.07) is -0.368. The van der Waals surface area contributed by atoms with Crippen LogP contribution < -0.4 is 0 Å². The van der Waals surface area contributed by atoms with Crippen molar-refractivity contribution in [2.45, 2.75) is 56.6 Å². The molecule has 0 aliphatic heterocycles. The maximum Gasteiger partial charge on any atom is 0.248 e. The van der Waals surface area contributed by atoms with E-state index in [9.17, 15) is 13.5 Å². The van der Waals surface area contributed by atoms with Crippen molar-refractivity contribution in [3.8, 4) is 0 Å². The van der Waals surface area contributed by atoms with Crippen molar-refractivity contribution in [3.63, 3.8) is 0 Å². The highest BCUT2D eigenvalue weighted by Crippen LogP contribution is 2.29. The Bertz CT molecular complexity index is 533. The Balaban J connectivity index is 2.34. The Hall–Kier alpha value is -0.920. The fourth-order valence-corrected chi connectivity index (χ4v) is 4.38. The summed E-state index contributed by atoms with van der Waals surface area (Å²) in [6.45, 7) is 3.19. The summed E-state index contributed by atoms with van der Waals surface area (Å²) in [4.78, 5) is 0.118. The lowest BCUT2D eigenvalue weighted by Crippen LogP contribution is -2.46. The van der Waals surface area contributed by atoms with Crippen molar-refractivity contribution in [3.05, 3.63) is 11.5 Å². The van der Waals surface area contributed by atoms with Crippen molar-refractivity contribution in [2.24, 2.45) is 0 Å². The molecule has 7 heteroatoms. The van der Waals surface area contributed by atoms with Crippen LogP contribution in [0.1, 0.15) is 37.1 Å². The van der Waals surface area contributed by atoms with Gasteiger partial charge in [0.2, 0.25) is 10.0 Å². The van der Waals surface area contributed by atoms with E-state index in [4.69, 9.17) is 4.52 Å². The van der Waals surface area contributed by atoms with Crippen molar-refractivity contribution in [1.82, 2.24) is 9.46 Å². The average Bonchev–Trinajstić information content (AvgIpc) is 2.69. The summed E-state index contributed by atoms with van der Waals surface area (Å²) in [7, 11) is -2.16. The van der Waals surface area contributed by atoms with Gasteiger partial charge in [0.25, 0.3) is 0 Å². The summed E-state index contributed by atoms with van der Waals surface area (Å²) >= 11 is 0. The van der Waals surface area contributed by atoms with E-state index < -0.39 is 16.1 Å². The van der Waals surface area contributed by atoms with Gasteiger partial charge in [0, 0.05) is 7.05 Å². The van der Waals surface area contributed by atoms with Gasteiger partial charge in [-0.25, -0.2) is 8.42 Å². The lowest BCUT2D eigenvalue weighted by Gasteiger charge is -2.34. The Labute approximate surface area is 113 Å². The first-order valence-electron chi connectivity index (χ1n) is 6.44. The second kappa shape index (κ2) is 5.22. The van der Waals surface area contributed by atoms with Gasteiger partial charge >= 0.3 is 0 Å². The number of aryl methyl sites for hydroxylation is 2. The van der Waals surface area contributed by atoms with Gasteiger partial charge in [-0.2, -0.15) is 4.31 Å². The Morgan fingerprint density at radius 1 is 1.32 bits per heavy atom. The predicted molar refractivity (Wildman–Crippen MR) is 69.2 cm³/mol. The molecule has 108 valence electrons. The highest BCUT2D eigenvalue weighted by atomic mass is 32.2. The van der Waals surface area contributed by atoms with E-state index in [1.807, 2.05) is 0 Å². The number of sulfonamides is 1. The van der Waals surface area contributed by atoms with Gasteiger partial charge in [-0.15, -0.1) is 0 Å². The molecule has 0 bridgehead atoms. The average molecular weight is 288 g/mol. The topological polar surface area (TPSA) is 83.6 Å². The molecule has 1 heterocycles. The third-order valence-corrected chi connectivity index (χ3v) is 5.89. The highest BCUT2D eigenvalue weighted by Gasteiger charge is 2.37. The summed E-state index contributed by atoms with van der Waals surface area (Å²) in [6.07, 6.45) is 2.60. The molecule has 1 aliphatic rings. The van der Waals surface area contributed by atoms with Gasteiger partial charge in [0.15, 0.2) is 5.76 Å². The molecule has 1 N–H and O–H groups in total. The van der Waals surface area contributed by atoms with E-state index in [1.165, 1.54) is 11.4 Å². The zero-order valence-corrected chi connectivity index (χ0v) is 12.3. The number of aromatic nitrogens is 1. The van der Waals surface area contributed by atoms with Crippen LogP contribution in [0, 0.1) is 13.8 Å². The van der Waals surface area contributed by atoms with E-state index in [0.717, 1.165) is 12.8 Å². The van der Waals surface area contributed by atoms with E-state index >= 15 is 0 Å². The number of likely N-dealkylation sites (N-methyl/N-ethyl adjacent to an activating group) is 1. The molecule has 1 saturated carbocycles. The molecule has 0 radical (unpaired) electrons. The van der Waals surface area contributed by atoms with E-state index in [1.54, 1.807) is 13.8 Å². The minimum atomic E-state index is -3.67. The molecule has 2 rings (SSSR count). The third kappa shape index (κ3) is 2.54. The molecule has 2 atom stereocenters. The van der Waals surface area contributed by atoms with Crippen LogP contribution in [-0.2, 0) is 10.0 Å². The molecule has 0 spiro atoms. The molecule has 0 aromatic carbocycles. The number of hydrogen-bond donors (Lipinski definition) is 1. The molecular weight excluding hydrogens is 268 g/mol. The minimum Gasteiger partial charge on any atom is -0.391 e. The monoisotopic (exact) mass is 288 g/mol. The first-order valence-corrected chi connectivity index (χ1v) is 7.88. The molecule has 0 saturated heterocycles. The number of aliphatic hydroxyl groups excluding tert-OH is 1. The SMILES string of the molecule is Cc1noc(C)c1S(=O)(=O)N(C)C1CCCCC1O. The van der Waals surface area contributed by atoms with Gasteiger partial charge < -0.3 is 9.63 Å². The number of rotatable bonds is 3. The second-order valence-corrected chi connectivity index (χ2v) is 7.03. The summed E-state index contributed by atoms with van der Waals surface area (Å²) < 4.78 is 31.4. The zero-order valence-electron chi connectivity index (χ0n) is 11.5. The van der Waals surface area contributed by atoms with Crippen molar-refractivity contribution < 1.29 is 18.0 Å². The van der Waals surface area contributed by atoms with E-state index in [-0.39, 0.29) is 16.7 Å². The van der Waals surface area contributed by atoms with Crippen LogP contribution in [0.5, 0.6) is 0 Å². The minimum absolute atomic E-state index is 0.118. The quantitative estimate of drug-likeness (QED) is 0.904. The number of aliphatic hydroxyl groups is 1. The molecule has 1 aromatic heterocycles.